The van der Waals surface area contributed by atoms with E-state index < -0.39 is 29.0 Å². The lowest BCUT2D eigenvalue weighted by molar-refractivity contribution is -0.251. The van der Waals surface area contributed by atoms with Crippen molar-refractivity contribution >= 4 is 5.97 Å². The zero-order chi connectivity index (χ0) is 26.0. The Kier molecular flexibility index (Phi) is 5.40. The van der Waals surface area contributed by atoms with Gasteiger partial charge in [0, 0.05) is 5.41 Å². The summed E-state index contributed by atoms with van der Waals surface area (Å²) in [6.45, 7) is 15.7. The summed E-state index contributed by atoms with van der Waals surface area (Å²) in [5.41, 5.74) is -1.29. The number of carboxylic acids is 1. The van der Waals surface area contributed by atoms with E-state index in [2.05, 4.69) is 54.5 Å². The fraction of sp³-hybridized carbons (Fsp3) is 0.900. The van der Waals surface area contributed by atoms with Crippen LogP contribution in [0.5, 0.6) is 0 Å². The highest BCUT2D eigenvalue weighted by Gasteiger charge is 2.74. The zero-order valence-electron chi connectivity index (χ0n) is 22.9. The summed E-state index contributed by atoms with van der Waals surface area (Å²) < 4.78 is 0. The molecule has 5 rings (SSSR count). The molecule has 5 heteroatoms. The minimum atomic E-state index is -1.32. The van der Waals surface area contributed by atoms with Crippen molar-refractivity contribution in [1.82, 2.24) is 0 Å². The van der Waals surface area contributed by atoms with Crippen LogP contribution in [0.2, 0.25) is 0 Å². The van der Waals surface area contributed by atoms with Gasteiger partial charge in [0.2, 0.25) is 0 Å². The first-order valence-electron chi connectivity index (χ1n) is 14.0. The van der Waals surface area contributed by atoms with E-state index in [-0.39, 0.29) is 33.7 Å². The molecule has 0 aromatic rings. The van der Waals surface area contributed by atoms with E-state index in [1.54, 1.807) is 0 Å². The summed E-state index contributed by atoms with van der Waals surface area (Å²) in [4.78, 5) is 12.8. The largest absolute Gasteiger partial charge is 0.481 e. The van der Waals surface area contributed by atoms with Crippen LogP contribution in [-0.4, -0.2) is 44.7 Å². The lowest BCUT2D eigenvalue weighted by atomic mass is 9.32. The Morgan fingerprint density at radius 2 is 1.51 bits per heavy atom. The Morgan fingerprint density at radius 3 is 2.14 bits per heavy atom. The first-order chi connectivity index (χ1) is 16.0. The quantitative estimate of drug-likeness (QED) is 0.382. The molecule has 0 aromatic carbocycles. The molecule has 0 saturated heterocycles. The molecule has 4 N–H and O–H groups in total. The SMILES string of the molecule is CC1(C)CC[C@]2(C(=O)O)[C@H](O)[C@H](O)[C@]3(C)C(=CC[C@@H]4[C@@]5(C)CC[C@H](O)C(C)(C)[C@@H]5CC[C@]43C)[C@@H]2C1. The van der Waals surface area contributed by atoms with Gasteiger partial charge in [-0.3, -0.25) is 4.79 Å². The maximum atomic E-state index is 12.8. The summed E-state index contributed by atoms with van der Waals surface area (Å²) in [6, 6.07) is 0. The van der Waals surface area contributed by atoms with Gasteiger partial charge in [-0.15, -0.1) is 0 Å². The fourth-order valence-corrected chi connectivity index (χ4v) is 10.8. The van der Waals surface area contributed by atoms with Gasteiger partial charge in [0.1, 0.15) is 5.41 Å². The Morgan fingerprint density at radius 1 is 0.857 bits per heavy atom. The first-order valence-corrected chi connectivity index (χ1v) is 14.0. The van der Waals surface area contributed by atoms with Crippen molar-refractivity contribution in [2.24, 2.45) is 50.2 Å². The van der Waals surface area contributed by atoms with E-state index in [9.17, 15) is 25.2 Å². The monoisotopic (exact) mass is 488 g/mol. The molecule has 5 nitrogen and oxygen atoms in total. The number of hydrogen-bond donors (Lipinski definition) is 4. The van der Waals surface area contributed by atoms with Crippen LogP contribution in [-0.2, 0) is 4.79 Å². The molecular weight excluding hydrogens is 440 g/mol. The van der Waals surface area contributed by atoms with Gasteiger partial charge in [0.05, 0.1) is 18.3 Å². The van der Waals surface area contributed by atoms with Crippen molar-refractivity contribution < 1.29 is 25.2 Å². The number of aliphatic carboxylic acids is 1. The molecule has 0 heterocycles. The number of hydrogen-bond acceptors (Lipinski definition) is 4. The van der Waals surface area contributed by atoms with Gasteiger partial charge in [-0.1, -0.05) is 60.1 Å². The van der Waals surface area contributed by atoms with Crippen molar-refractivity contribution in [3.8, 4) is 0 Å². The molecular formula is C30H48O5. The molecule has 0 spiro atoms. The Bertz CT molecular complexity index is 952. The van der Waals surface area contributed by atoms with Gasteiger partial charge in [0.25, 0.3) is 0 Å². The number of fused-ring (bicyclic) bond motifs is 7. The van der Waals surface area contributed by atoms with Crippen molar-refractivity contribution in [3.63, 3.8) is 0 Å². The van der Waals surface area contributed by atoms with E-state index in [1.807, 2.05) is 0 Å². The Labute approximate surface area is 211 Å². The molecule has 5 aliphatic rings. The highest BCUT2D eigenvalue weighted by molar-refractivity contribution is 5.78. The second-order valence-corrected chi connectivity index (χ2v) is 15.2. The van der Waals surface area contributed by atoms with E-state index in [1.165, 1.54) is 0 Å². The van der Waals surface area contributed by atoms with Gasteiger partial charge >= 0.3 is 5.97 Å². The van der Waals surface area contributed by atoms with Crippen LogP contribution in [0.1, 0.15) is 99.8 Å². The molecule has 0 unspecified atom stereocenters. The Balaban J connectivity index is 1.67. The fourth-order valence-electron chi connectivity index (χ4n) is 10.8. The number of carbonyl (C=O) groups is 1. The zero-order valence-corrected chi connectivity index (χ0v) is 22.9. The topological polar surface area (TPSA) is 98.0 Å². The van der Waals surface area contributed by atoms with Crippen LogP contribution < -0.4 is 0 Å². The van der Waals surface area contributed by atoms with Gasteiger partial charge in [0.15, 0.2) is 0 Å². The standard InChI is InChI=1S/C30H48O5/c1-25(2)14-15-30(24(34)35)18(16-25)17-8-9-20-27(5)12-11-21(31)26(3,4)19(27)10-13-28(20,6)29(17,7)22(32)23(30)33/h8,18-23,31-33H,9-16H2,1-7H3,(H,34,35)/t18-,19-,20+,21-,22-,23+,27-,28+,29-,30+/m0/s1. The number of allylic oxidation sites excluding steroid dienone is 1. The first kappa shape index (κ1) is 25.7. The Hall–Kier alpha value is -0.910. The molecule has 0 aromatic heterocycles. The average molecular weight is 489 g/mol. The average Bonchev–Trinajstić information content (AvgIpc) is 2.75. The maximum Gasteiger partial charge on any atom is 0.313 e. The van der Waals surface area contributed by atoms with E-state index in [0.717, 1.165) is 50.5 Å². The van der Waals surface area contributed by atoms with E-state index >= 15 is 0 Å². The van der Waals surface area contributed by atoms with Crippen LogP contribution in [0, 0.1) is 50.2 Å². The third-order valence-electron chi connectivity index (χ3n) is 13.2. The normalized spacial score (nSPS) is 54.4. The number of rotatable bonds is 1. The molecule has 4 fully saturated rings. The van der Waals surface area contributed by atoms with Crippen LogP contribution in [0.3, 0.4) is 0 Å². The van der Waals surface area contributed by atoms with Crippen molar-refractivity contribution in [2.75, 3.05) is 0 Å². The molecule has 35 heavy (non-hydrogen) atoms. The highest BCUT2D eigenvalue weighted by Crippen LogP contribution is 2.75. The van der Waals surface area contributed by atoms with E-state index in [0.29, 0.717) is 18.3 Å². The second-order valence-electron chi connectivity index (χ2n) is 15.2. The van der Waals surface area contributed by atoms with Crippen LogP contribution in [0.4, 0.5) is 0 Å². The van der Waals surface area contributed by atoms with Gasteiger partial charge in [-0.25, -0.2) is 0 Å². The van der Waals surface area contributed by atoms with Gasteiger partial charge in [-0.2, -0.15) is 0 Å². The molecule has 198 valence electrons. The summed E-state index contributed by atoms with van der Waals surface area (Å²) in [6.07, 6.45) is 6.03. The minimum Gasteiger partial charge on any atom is -0.481 e. The van der Waals surface area contributed by atoms with E-state index in [4.69, 9.17) is 0 Å². The highest BCUT2D eigenvalue weighted by atomic mass is 16.4. The molecule has 5 aliphatic carbocycles. The third kappa shape index (κ3) is 2.90. The number of aliphatic hydroxyl groups is 3. The summed E-state index contributed by atoms with van der Waals surface area (Å²) in [5, 5.41) is 45.0. The molecule has 4 saturated carbocycles. The maximum absolute atomic E-state index is 12.8. The van der Waals surface area contributed by atoms with Crippen molar-refractivity contribution in [2.45, 2.75) is 118 Å². The predicted octanol–water partition coefficient (Wildman–Crippen LogP) is 5.18. The molecule has 0 aliphatic heterocycles. The van der Waals surface area contributed by atoms with Crippen molar-refractivity contribution in [3.05, 3.63) is 11.6 Å². The van der Waals surface area contributed by atoms with Gasteiger partial charge in [-0.05, 0) is 90.8 Å². The second kappa shape index (κ2) is 7.35. The summed E-state index contributed by atoms with van der Waals surface area (Å²) >= 11 is 0. The predicted molar refractivity (Wildman–Crippen MR) is 135 cm³/mol. The lowest BCUT2D eigenvalue weighted by Gasteiger charge is -2.72. The summed E-state index contributed by atoms with van der Waals surface area (Å²) in [7, 11) is 0. The van der Waals surface area contributed by atoms with Crippen LogP contribution in [0.15, 0.2) is 11.6 Å². The molecule has 0 amide bonds. The molecule has 0 radical (unpaired) electrons. The molecule has 10 atom stereocenters. The minimum absolute atomic E-state index is 0.00168. The van der Waals surface area contributed by atoms with Crippen LogP contribution in [0.25, 0.3) is 0 Å². The molecule has 0 bridgehead atoms. The van der Waals surface area contributed by atoms with Crippen LogP contribution >= 0.6 is 0 Å². The van der Waals surface area contributed by atoms with Crippen molar-refractivity contribution in [1.29, 1.82) is 0 Å². The smallest absolute Gasteiger partial charge is 0.313 e. The number of carboxylic acid groups (broad SMARTS) is 1. The van der Waals surface area contributed by atoms with Gasteiger partial charge < -0.3 is 20.4 Å². The number of aliphatic hydroxyl groups excluding tert-OH is 3. The lowest BCUT2D eigenvalue weighted by Crippen LogP contribution is -2.72. The summed E-state index contributed by atoms with van der Waals surface area (Å²) in [5.74, 6) is -0.517. The third-order valence-corrected chi connectivity index (χ3v) is 13.2.